The Morgan fingerprint density at radius 2 is 1.78 bits per heavy atom. The van der Waals surface area contributed by atoms with Gasteiger partial charge >= 0.3 is 5.69 Å². The van der Waals surface area contributed by atoms with E-state index in [2.05, 4.69) is 15.1 Å². The Morgan fingerprint density at radius 3 is 2.52 bits per heavy atom. The maximum Gasteiger partial charge on any atom is 0.350 e. The molecule has 0 amide bonds. The fourth-order valence-electron chi connectivity index (χ4n) is 2.55. The molecule has 0 fully saturated rings. The number of halogens is 3. The Kier molecular flexibility index (Phi) is 5.14. The van der Waals surface area contributed by atoms with E-state index < -0.39 is 0 Å². The van der Waals surface area contributed by atoms with Crippen LogP contribution in [0.3, 0.4) is 0 Å². The summed E-state index contributed by atoms with van der Waals surface area (Å²) >= 11 is 19.5. The highest BCUT2D eigenvalue weighted by atomic mass is 35.5. The quantitative estimate of drug-likeness (QED) is 0.438. The Hall–Kier alpha value is -1.99. The predicted octanol–water partition coefficient (Wildman–Crippen LogP) is 5.34. The molecule has 0 unspecified atom stereocenters. The zero-order valence-corrected chi connectivity index (χ0v) is 16.7. The van der Waals surface area contributed by atoms with Gasteiger partial charge in [0, 0.05) is 26.4 Å². The van der Waals surface area contributed by atoms with E-state index in [0.29, 0.717) is 31.6 Å². The molecule has 0 saturated carbocycles. The number of thioether (sulfide) groups is 1. The molecule has 0 spiro atoms. The summed E-state index contributed by atoms with van der Waals surface area (Å²) in [4.78, 5) is 19.6. The van der Waals surface area contributed by atoms with Crippen LogP contribution in [0.25, 0.3) is 16.8 Å². The molecule has 1 N–H and O–H groups in total. The van der Waals surface area contributed by atoms with Crippen LogP contribution in [0.1, 0.15) is 5.56 Å². The Balaban J connectivity index is 1.69. The molecule has 4 aromatic rings. The van der Waals surface area contributed by atoms with Crippen molar-refractivity contribution in [2.45, 2.75) is 10.9 Å². The molecular weight excluding hydrogens is 427 g/mol. The second-order valence-electron chi connectivity index (χ2n) is 5.67. The van der Waals surface area contributed by atoms with E-state index in [1.54, 1.807) is 30.5 Å². The van der Waals surface area contributed by atoms with Gasteiger partial charge in [-0.05, 0) is 35.4 Å². The van der Waals surface area contributed by atoms with Gasteiger partial charge in [0.2, 0.25) is 0 Å². The number of hydrogen-bond acceptors (Lipinski definition) is 4. The molecule has 2 aromatic heterocycles. The van der Waals surface area contributed by atoms with Crippen molar-refractivity contribution >= 4 is 52.2 Å². The van der Waals surface area contributed by atoms with E-state index in [1.807, 2.05) is 18.2 Å². The van der Waals surface area contributed by atoms with Gasteiger partial charge in [-0.25, -0.2) is 9.78 Å². The zero-order valence-electron chi connectivity index (χ0n) is 13.6. The standard InChI is InChI=1S/C18H11Cl3N4OS/c19-12-4-1-10(2-5-12)14-8-22-25-16(14)23-17(24-18(25)26)27-9-11-3-6-13(20)7-15(11)21/h1-8H,9H2,(H,23,24,26). The molecule has 0 bridgehead atoms. The summed E-state index contributed by atoms with van der Waals surface area (Å²) in [5, 5.41) is 6.40. The molecule has 0 saturated heterocycles. The summed E-state index contributed by atoms with van der Waals surface area (Å²) in [6, 6.07) is 12.6. The first-order valence-electron chi connectivity index (χ1n) is 7.82. The highest BCUT2D eigenvalue weighted by molar-refractivity contribution is 7.98. The predicted molar refractivity (Wildman–Crippen MR) is 110 cm³/mol. The summed E-state index contributed by atoms with van der Waals surface area (Å²) in [7, 11) is 0. The smallest absolute Gasteiger partial charge is 0.285 e. The van der Waals surface area contributed by atoms with Gasteiger partial charge < -0.3 is 0 Å². The third-order valence-electron chi connectivity index (χ3n) is 3.89. The van der Waals surface area contributed by atoms with Crippen molar-refractivity contribution in [1.29, 1.82) is 0 Å². The van der Waals surface area contributed by atoms with Crippen LogP contribution in [-0.4, -0.2) is 19.6 Å². The van der Waals surface area contributed by atoms with E-state index in [0.717, 1.165) is 16.7 Å². The van der Waals surface area contributed by atoms with E-state index in [1.165, 1.54) is 16.3 Å². The lowest BCUT2D eigenvalue weighted by Crippen LogP contribution is -2.19. The lowest BCUT2D eigenvalue weighted by molar-refractivity contribution is 0.786. The summed E-state index contributed by atoms with van der Waals surface area (Å²) in [6.07, 6.45) is 1.62. The molecule has 0 aliphatic heterocycles. The van der Waals surface area contributed by atoms with Crippen molar-refractivity contribution in [3.05, 3.63) is 79.8 Å². The average molecular weight is 438 g/mol. The lowest BCUT2D eigenvalue weighted by atomic mass is 10.1. The number of aromatic nitrogens is 4. The molecule has 27 heavy (non-hydrogen) atoms. The Bertz CT molecular complexity index is 1190. The van der Waals surface area contributed by atoms with E-state index in [-0.39, 0.29) is 5.69 Å². The van der Waals surface area contributed by atoms with Gasteiger partial charge in [-0.15, -0.1) is 0 Å². The van der Waals surface area contributed by atoms with Crippen molar-refractivity contribution in [3.63, 3.8) is 0 Å². The normalized spacial score (nSPS) is 11.2. The fraction of sp³-hybridized carbons (Fsp3) is 0.0556. The van der Waals surface area contributed by atoms with Gasteiger partial charge in [0.05, 0.1) is 6.20 Å². The summed E-state index contributed by atoms with van der Waals surface area (Å²) in [5.41, 5.74) is 2.66. The molecule has 0 atom stereocenters. The number of nitrogens with zero attached hydrogens (tertiary/aromatic N) is 3. The van der Waals surface area contributed by atoms with Crippen molar-refractivity contribution in [2.75, 3.05) is 0 Å². The summed E-state index contributed by atoms with van der Waals surface area (Å²) in [5.74, 6) is 0.541. The first kappa shape index (κ1) is 18.4. The van der Waals surface area contributed by atoms with E-state index in [4.69, 9.17) is 34.8 Å². The van der Waals surface area contributed by atoms with Crippen molar-refractivity contribution in [3.8, 4) is 11.1 Å². The number of benzene rings is 2. The van der Waals surface area contributed by atoms with Gasteiger partial charge in [0.15, 0.2) is 10.8 Å². The number of fused-ring (bicyclic) bond motifs is 1. The van der Waals surface area contributed by atoms with Crippen LogP contribution in [0.5, 0.6) is 0 Å². The van der Waals surface area contributed by atoms with Crippen LogP contribution >= 0.6 is 46.6 Å². The van der Waals surface area contributed by atoms with Crippen LogP contribution in [0, 0.1) is 0 Å². The van der Waals surface area contributed by atoms with Crippen LogP contribution in [0.4, 0.5) is 0 Å². The fourth-order valence-corrected chi connectivity index (χ4v) is 4.09. The number of rotatable bonds is 4. The number of hydrogen-bond donors (Lipinski definition) is 1. The Labute approximate surface area is 173 Å². The van der Waals surface area contributed by atoms with Gasteiger partial charge in [-0.3, -0.25) is 4.98 Å². The minimum Gasteiger partial charge on any atom is -0.285 e. The van der Waals surface area contributed by atoms with Crippen molar-refractivity contribution in [2.24, 2.45) is 0 Å². The molecule has 9 heteroatoms. The number of nitrogens with one attached hydrogen (secondary N) is 1. The molecule has 0 aliphatic carbocycles. The van der Waals surface area contributed by atoms with Gasteiger partial charge in [-0.2, -0.15) is 9.61 Å². The first-order valence-corrected chi connectivity index (χ1v) is 9.94. The maximum atomic E-state index is 12.3. The molecule has 5 nitrogen and oxygen atoms in total. The number of aromatic amines is 1. The SMILES string of the molecule is O=c1[nH]c(SCc2ccc(Cl)cc2Cl)nc2c(-c3ccc(Cl)cc3)cnn12. The van der Waals surface area contributed by atoms with Crippen molar-refractivity contribution in [1.82, 2.24) is 19.6 Å². The minimum absolute atomic E-state index is 0.357. The van der Waals surface area contributed by atoms with Crippen LogP contribution in [0.15, 0.2) is 58.6 Å². The average Bonchev–Trinajstić information content (AvgIpc) is 3.06. The van der Waals surface area contributed by atoms with Gasteiger partial charge in [0.1, 0.15) is 0 Å². The topological polar surface area (TPSA) is 63.0 Å². The monoisotopic (exact) mass is 436 g/mol. The first-order chi connectivity index (χ1) is 13.0. The van der Waals surface area contributed by atoms with Crippen molar-refractivity contribution < 1.29 is 0 Å². The highest BCUT2D eigenvalue weighted by Gasteiger charge is 2.13. The van der Waals surface area contributed by atoms with Gasteiger partial charge in [0.25, 0.3) is 0 Å². The second kappa shape index (κ2) is 7.56. The van der Waals surface area contributed by atoms with Gasteiger partial charge in [-0.1, -0.05) is 64.8 Å². The third-order valence-corrected chi connectivity index (χ3v) is 5.65. The molecule has 0 radical (unpaired) electrons. The maximum absolute atomic E-state index is 12.3. The minimum atomic E-state index is -0.357. The van der Waals surface area contributed by atoms with Crippen LogP contribution < -0.4 is 5.69 Å². The Morgan fingerprint density at radius 1 is 1.04 bits per heavy atom. The second-order valence-corrected chi connectivity index (χ2v) is 7.92. The molecule has 2 heterocycles. The molecule has 2 aromatic carbocycles. The van der Waals surface area contributed by atoms with Crippen LogP contribution in [0.2, 0.25) is 15.1 Å². The zero-order chi connectivity index (χ0) is 19.0. The largest absolute Gasteiger partial charge is 0.350 e. The molecule has 4 rings (SSSR count). The summed E-state index contributed by atoms with van der Waals surface area (Å²) in [6.45, 7) is 0. The highest BCUT2D eigenvalue weighted by Crippen LogP contribution is 2.28. The van der Waals surface area contributed by atoms with E-state index in [9.17, 15) is 4.79 Å². The molecule has 136 valence electrons. The third kappa shape index (κ3) is 3.84. The van der Waals surface area contributed by atoms with Crippen LogP contribution in [-0.2, 0) is 5.75 Å². The lowest BCUT2D eigenvalue weighted by Gasteiger charge is -2.05. The molecule has 0 aliphatic rings. The summed E-state index contributed by atoms with van der Waals surface area (Å²) < 4.78 is 1.24. The number of H-pyrrole nitrogens is 1. The van der Waals surface area contributed by atoms with E-state index >= 15 is 0 Å². The molecular formula is C18H11Cl3N4OS.